The van der Waals surface area contributed by atoms with Crippen LogP contribution in [0, 0.1) is 0 Å². The van der Waals surface area contributed by atoms with Crippen LogP contribution in [0.25, 0.3) is 0 Å². The van der Waals surface area contributed by atoms with Crippen LogP contribution in [0.1, 0.15) is 24.2 Å². The number of carbonyl (C=O) groups excluding carboxylic acids is 1. The van der Waals surface area contributed by atoms with Gasteiger partial charge in [0.15, 0.2) is 17.5 Å². The van der Waals surface area contributed by atoms with Crippen LogP contribution in [0.4, 0.5) is 0 Å². The molecule has 0 bridgehead atoms. The molecule has 0 saturated heterocycles. The highest BCUT2D eigenvalue weighted by Gasteiger charge is 2.09. The summed E-state index contributed by atoms with van der Waals surface area (Å²) in [5.74, 6) is 1.98. The molecule has 1 amide bonds. The van der Waals surface area contributed by atoms with E-state index >= 15 is 0 Å². The lowest BCUT2D eigenvalue weighted by atomic mass is 10.2. The molecule has 0 radical (unpaired) electrons. The van der Waals surface area contributed by atoms with Crippen LogP contribution in [0.3, 0.4) is 0 Å². The van der Waals surface area contributed by atoms with Crippen LogP contribution in [-0.4, -0.2) is 51.3 Å². The van der Waals surface area contributed by atoms with Gasteiger partial charge in [-0.15, -0.1) is 0 Å². The van der Waals surface area contributed by atoms with E-state index in [1.165, 1.54) is 0 Å². The third-order valence-corrected chi connectivity index (χ3v) is 3.99. The molecule has 0 saturated carbocycles. The quantitative estimate of drug-likeness (QED) is 0.325. The van der Waals surface area contributed by atoms with E-state index in [9.17, 15) is 4.79 Å². The number of hydrogen-bond acceptors (Lipinski definition) is 4. The summed E-state index contributed by atoms with van der Waals surface area (Å²) in [5, 5.41) is 9.29. The largest absolute Gasteiger partial charge is 0.493 e. The molecule has 29 heavy (non-hydrogen) atoms. The fraction of sp³-hybridized carbons (Fsp3) is 0.364. The Hall–Kier alpha value is -3.22. The maximum atomic E-state index is 12.0. The fourth-order valence-corrected chi connectivity index (χ4v) is 2.58. The van der Waals surface area contributed by atoms with Gasteiger partial charge in [-0.2, -0.15) is 0 Å². The predicted octanol–water partition coefficient (Wildman–Crippen LogP) is 2.45. The van der Waals surface area contributed by atoms with Crippen molar-refractivity contribution >= 4 is 11.9 Å². The molecule has 3 N–H and O–H groups in total. The summed E-state index contributed by atoms with van der Waals surface area (Å²) >= 11 is 0. The molecule has 0 spiro atoms. The number of nitrogens with zero attached hydrogens (tertiary/aromatic N) is 1. The average molecular weight is 399 g/mol. The molecule has 0 aliphatic carbocycles. The van der Waals surface area contributed by atoms with Gasteiger partial charge in [-0.05, 0) is 38.1 Å². The van der Waals surface area contributed by atoms with Crippen molar-refractivity contribution in [2.24, 2.45) is 4.99 Å². The van der Waals surface area contributed by atoms with E-state index in [0.29, 0.717) is 42.7 Å². The molecule has 156 valence electrons. The second-order valence-electron chi connectivity index (χ2n) is 6.35. The first-order valence-corrected chi connectivity index (χ1v) is 9.79. The molecule has 2 aromatic rings. The van der Waals surface area contributed by atoms with Crippen LogP contribution in [0.5, 0.6) is 11.5 Å². The molecule has 7 heteroatoms. The first-order valence-electron chi connectivity index (χ1n) is 9.79. The zero-order valence-corrected chi connectivity index (χ0v) is 17.3. The highest BCUT2D eigenvalue weighted by Crippen LogP contribution is 2.26. The van der Waals surface area contributed by atoms with Gasteiger partial charge < -0.3 is 25.4 Å². The molecule has 1 atom stereocenters. The van der Waals surface area contributed by atoms with Crippen molar-refractivity contribution in [2.45, 2.75) is 20.0 Å². The minimum Gasteiger partial charge on any atom is -0.493 e. The third-order valence-electron chi connectivity index (χ3n) is 3.99. The number of rotatable bonds is 10. The number of nitrogens with one attached hydrogen (secondary N) is 3. The molecule has 2 rings (SSSR count). The fourth-order valence-electron chi connectivity index (χ4n) is 2.58. The second kappa shape index (κ2) is 12.3. The number of hydrogen-bond donors (Lipinski definition) is 3. The van der Waals surface area contributed by atoms with Crippen LogP contribution in [-0.2, 0) is 0 Å². The summed E-state index contributed by atoms with van der Waals surface area (Å²) in [6.07, 6.45) is -0.125. The van der Waals surface area contributed by atoms with Crippen LogP contribution < -0.4 is 25.4 Å². The van der Waals surface area contributed by atoms with Gasteiger partial charge in [0.25, 0.3) is 5.91 Å². The summed E-state index contributed by atoms with van der Waals surface area (Å²) < 4.78 is 11.2. The Bertz CT molecular complexity index is 781. The highest BCUT2D eigenvalue weighted by molar-refractivity contribution is 5.94. The van der Waals surface area contributed by atoms with Gasteiger partial charge in [-0.3, -0.25) is 4.79 Å². The molecule has 7 nitrogen and oxygen atoms in total. The van der Waals surface area contributed by atoms with Gasteiger partial charge in [0, 0.05) is 25.2 Å². The van der Waals surface area contributed by atoms with Gasteiger partial charge in [-0.25, -0.2) is 4.99 Å². The van der Waals surface area contributed by atoms with Gasteiger partial charge in [-0.1, -0.05) is 30.3 Å². The molecular weight excluding hydrogens is 368 g/mol. The van der Waals surface area contributed by atoms with Crippen LogP contribution in [0.2, 0.25) is 0 Å². The van der Waals surface area contributed by atoms with Gasteiger partial charge >= 0.3 is 0 Å². The maximum Gasteiger partial charge on any atom is 0.251 e. The Kier molecular flexibility index (Phi) is 9.35. The minimum absolute atomic E-state index is 0.0897. The van der Waals surface area contributed by atoms with E-state index in [4.69, 9.17) is 9.47 Å². The molecule has 0 fully saturated rings. The number of guanidine groups is 1. The molecule has 0 heterocycles. The van der Waals surface area contributed by atoms with Crippen molar-refractivity contribution in [1.82, 2.24) is 16.0 Å². The van der Waals surface area contributed by atoms with E-state index in [1.54, 1.807) is 19.2 Å². The van der Waals surface area contributed by atoms with E-state index in [-0.39, 0.29) is 12.0 Å². The van der Waals surface area contributed by atoms with Crippen molar-refractivity contribution in [1.29, 1.82) is 0 Å². The smallest absolute Gasteiger partial charge is 0.251 e. The number of amides is 1. The Balaban J connectivity index is 1.78. The number of methoxy groups -OCH3 is 1. The molecular formula is C22H30N4O3. The zero-order chi connectivity index (χ0) is 20.9. The molecule has 1 unspecified atom stereocenters. The Morgan fingerprint density at radius 2 is 1.62 bits per heavy atom. The van der Waals surface area contributed by atoms with Crippen molar-refractivity contribution in [3.05, 3.63) is 60.2 Å². The zero-order valence-electron chi connectivity index (χ0n) is 17.3. The normalized spacial score (nSPS) is 12.0. The lowest BCUT2D eigenvalue weighted by molar-refractivity contribution is 0.0954. The maximum absolute atomic E-state index is 12.0. The first-order chi connectivity index (χ1) is 14.1. The van der Waals surface area contributed by atoms with Gasteiger partial charge in [0.05, 0.1) is 13.7 Å². The summed E-state index contributed by atoms with van der Waals surface area (Å²) in [7, 11) is 1.62. The van der Waals surface area contributed by atoms with Crippen molar-refractivity contribution in [3.63, 3.8) is 0 Å². The van der Waals surface area contributed by atoms with Crippen molar-refractivity contribution in [3.8, 4) is 11.5 Å². The number of carbonyl (C=O) groups is 1. The van der Waals surface area contributed by atoms with Crippen molar-refractivity contribution < 1.29 is 14.3 Å². The van der Waals surface area contributed by atoms with Gasteiger partial charge in [0.2, 0.25) is 0 Å². The third kappa shape index (κ3) is 7.73. The highest BCUT2D eigenvalue weighted by atomic mass is 16.5. The van der Waals surface area contributed by atoms with E-state index in [2.05, 4.69) is 20.9 Å². The predicted molar refractivity (Wildman–Crippen MR) is 116 cm³/mol. The SMILES string of the molecule is CCNC(=NCC(C)Oc1ccccc1OC)NCCNC(=O)c1ccccc1. The Morgan fingerprint density at radius 3 is 2.31 bits per heavy atom. The van der Waals surface area contributed by atoms with E-state index in [1.807, 2.05) is 56.3 Å². The van der Waals surface area contributed by atoms with Gasteiger partial charge in [0.1, 0.15) is 6.10 Å². The molecule has 0 aliphatic rings. The number of benzene rings is 2. The first kappa shape index (κ1) is 22.1. The summed E-state index contributed by atoms with van der Waals surface area (Å²) in [5.41, 5.74) is 0.649. The molecule has 2 aromatic carbocycles. The number of aliphatic imine (C=N–C) groups is 1. The Morgan fingerprint density at radius 1 is 0.966 bits per heavy atom. The van der Waals surface area contributed by atoms with E-state index < -0.39 is 0 Å². The molecule has 0 aromatic heterocycles. The van der Waals surface area contributed by atoms with E-state index in [0.717, 1.165) is 6.54 Å². The van der Waals surface area contributed by atoms with Crippen molar-refractivity contribution in [2.75, 3.05) is 33.3 Å². The van der Waals surface area contributed by atoms with Crippen LogP contribution >= 0.6 is 0 Å². The lowest BCUT2D eigenvalue weighted by Gasteiger charge is -2.17. The minimum atomic E-state index is -0.125. The lowest BCUT2D eigenvalue weighted by Crippen LogP contribution is -2.42. The standard InChI is InChI=1S/C22H30N4O3/c1-4-23-22(25-15-14-24-21(27)18-10-6-5-7-11-18)26-16-17(2)29-20-13-9-8-12-19(20)28-3/h5-13,17H,4,14-16H2,1-3H3,(H,24,27)(H2,23,25,26). The average Bonchev–Trinajstić information content (AvgIpc) is 2.75. The summed E-state index contributed by atoms with van der Waals surface area (Å²) in [4.78, 5) is 16.6. The topological polar surface area (TPSA) is 84.0 Å². The second-order valence-corrected chi connectivity index (χ2v) is 6.35. The number of para-hydroxylation sites is 2. The molecule has 0 aliphatic heterocycles. The monoisotopic (exact) mass is 398 g/mol. The summed E-state index contributed by atoms with van der Waals surface area (Å²) in [6, 6.07) is 16.7. The number of ether oxygens (including phenoxy) is 2. The van der Waals surface area contributed by atoms with Crippen LogP contribution in [0.15, 0.2) is 59.6 Å². The summed E-state index contributed by atoms with van der Waals surface area (Å²) in [6.45, 7) is 6.23. The Labute approximate surface area is 172 Å².